The monoisotopic (exact) mass is 319 g/mol. The zero-order chi connectivity index (χ0) is 15.5. The number of halogens is 1. The SMILES string of the molecule is NC(=O)c1cn(C2CCCCC2)nc1Nc1ccc(Cl)nc1. The molecule has 2 aromatic heterocycles. The van der Waals surface area contributed by atoms with Crippen molar-refractivity contribution in [3.63, 3.8) is 0 Å². The molecule has 0 aromatic carbocycles. The van der Waals surface area contributed by atoms with Crippen molar-refractivity contribution in [2.45, 2.75) is 38.1 Å². The van der Waals surface area contributed by atoms with E-state index in [0.29, 0.717) is 28.3 Å². The van der Waals surface area contributed by atoms with Gasteiger partial charge in [0.1, 0.15) is 10.7 Å². The van der Waals surface area contributed by atoms with Crippen LogP contribution in [0.1, 0.15) is 48.5 Å². The summed E-state index contributed by atoms with van der Waals surface area (Å²) < 4.78 is 1.87. The highest BCUT2D eigenvalue weighted by atomic mass is 35.5. The third-order valence-corrected chi connectivity index (χ3v) is 4.16. The van der Waals surface area contributed by atoms with Gasteiger partial charge in [-0.2, -0.15) is 5.10 Å². The highest BCUT2D eigenvalue weighted by Gasteiger charge is 2.20. The van der Waals surface area contributed by atoms with E-state index >= 15 is 0 Å². The molecule has 1 aliphatic carbocycles. The van der Waals surface area contributed by atoms with Crippen LogP contribution in [0.4, 0.5) is 11.5 Å². The molecule has 1 aliphatic rings. The fourth-order valence-corrected chi connectivity index (χ4v) is 2.90. The van der Waals surface area contributed by atoms with E-state index in [2.05, 4.69) is 15.4 Å². The predicted molar refractivity (Wildman–Crippen MR) is 85.4 cm³/mol. The second-order valence-corrected chi connectivity index (χ2v) is 5.91. The molecular weight excluding hydrogens is 302 g/mol. The van der Waals surface area contributed by atoms with Gasteiger partial charge in [-0.25, -0.2) is 4.98 Å². The summed E-state index contributed by atoms with van der Waals surface area (Å²) in [5, 5.41) is 8.01. The summed E-state index contributed by atoms with van der Waals surface area (Å²) in [4.78, 5) is 15.7. The number of primary amides is 1. The van der Waals surface area contributed by atoms with E-state index in [4.69, 9.17) is 17.3 Å². The quantitative estimate of drug-likeness (QED) is 0.847. The van der Waals surface area contributed by atoms with Gasteiger partial charge >= 0.3 is 0 Å². The number of anilines is 2. The molecule has 1 amide bonds. The molecule has 6 nitrogen and oxygen atoms in total. The lowest BCUT2D eigenvalue weighted by atomic mass is 9.96. The number of hydrogen-bond donors (Lipinski definition) is 2. The Bertz CT molecular complexity index is 661. The van der Waals surface area contributed by atoms with Gasteiger partial charge in [-0.1, -0.05) is 30.9 Å². The molecule has 22 heavy (non-hydrogen) atoms. The maximum Gasteiger partial charge on any atom is 0.254 e. The molecule has 0 aliphatic heterocycles. The van der Waals surface area contributed by atoms with Crippen molar-refractivity contribution in [3.05, 3.63) is 35.2 Å². The second-order valence-electron chi connectivity index (χ2n) is 5.52. The third-order valence-electron chi connectivity index (χ3n) is 3.94. The van der Waals surface area contributed by atoms with Crippen LogP contribution in [0, 0.1) is 0 Å². The van der Waals surface area contributed by atoms with E-state index < -0.39 is 5.91 Å². The summed E-state index contributed by atoms with van der Waals surface area (Å²) in [6, 6.07) is 3.79. The molecule has 2 aromatic rings. The maximum atomic E-state index is 11.7. The normalized spacial score (nSPS) is 15.7. The summed E-state index contributed by atoms with van der Waals surface area (Å²) in [5.74, 6) is -0.0336. The highest BCUT2D eigenvalue weighted by Crippen LogP contribution is 2.29. The van der Waals surface area contributed by atoms with Gasteiger partial charge in [-0.05, 0) is 25.0 Å². The van der Waals surface area contributed by atoms with Gasteiger partial charge in [0, 0.05) is 6.20 Å². The zero-order valence-corrected chi connectivity index (χ0v) is 12.9. The van der Waals surface area contributed by atoms with Crippen molar-refractivity contribution in [1.29, 1.82) is 0 Å². The Kier molecular flexibility index (Phi) is 4.29. The largest absolute Gasteiger partial charge is 0.365 e. The zero-order valence-electron chi connectivity index (χ0n) is 12.1. The van der Waals surface area contributed by atoms with Gasteiger partial charge < -0.3 is 11.1 Å². The molecule has 3 N–H and O–H groups in total. The van der Waals surface area contributed by atoms with E-state index in [0.717, 1.165) is 12.8 Å². The Labute approximate surface area is 133 Å². The Balaban J connectivity index is 1.86. The maximum absolute atomic E-state index is 11.7. The van der Waals surface area contributed by atoms with Crippen molar-refractivity contribution < 1.29 is 4.79 Å². The van der Waals surface area contributed by atoms with Crippen molar-refractivity contribution in [3.8, 4) is 0 Å². The first-order valence-corrected chi connectivity index (χ1v) is 7.79. The molecule has 7 heteroatoms. The summed E-state index contributed by atoms with van der Waals surface area (Å²) >= 11 is 5.77. The number of aromatic nitrogens is 3. The van der Waals surface area contributed by atoms with E-state index in [1.807, 2.05) is 4.68 Å². The van der Waals surface area contributed by atoms with Crippen molar-refractivity contribution in [1.82, 2.24) is 14.8 Å². The van der Waals surface area contributed by atoms with Gasteiger partial charge in [-0.15, -0.1) is 0 Å². The fourth-order valence-electron chi connectivity index (χ4n) is 2.78. The van der Waals surface area contributed by atoms with Crippen LogP contribution in [0.3, 0.4) is 0 Å². The smallest absolute Gasteiger partial charge is 0.254 e. The molecule has 1 fully saturated rings. The standard InChI is InChI=1S/C15H18ClN5O/c16-13-7-6-10(8-18-13)19-15-12(14(17)22)9-21(20-15)11-4-2-1-3-5-11/h6-9,11H,1-5H2,(H2,17,22)(H,19,20). The molecule has 1 saturated carbocycles. The summed E-state index contributed by atoms with van der Waals surface area (Å²) in [5.41, 5.74) is 6.56. The second kappa shape index (κ2) is 6.36. The molecule has 3 rings (SSSR count). The number of pyridine rings is 1. The van der Waals surface area contributed by atoms with Crippen LogP contribution in [-0.4, -0.2) is 20.7 Å². The number of hydrogen-bond acceptors (Lipinski definition) is 4. The number of carbonyl (C=O) groups excluding carboxylic acids is 1. The molecule has 116 valence electrons. The van der Waals surface area contributed by atoms with Crippen molar-refractivity contribution >= 4 is 29.0 Å². The Morgan fingerprint density at radius 3 is 2.73 bits per heavy atom. The van der Waals surface area contributed by atoms with Crippen LogP contribution in [0.15, 0.2) is 24.5 Å². The van der Waals surface area contributed by atoms with Crippen LogP contribution in [0.5, 0.6) is 0 Å². The van der Waals surface area contributed by atoms with Crippen LogP contribution in [0.25, 0.3) is 0 Å². The number of nitrogens with zero attached hydrogens (tertiary/aromatic N) is 3. The molecule has 0 saturated heterocycles. The molecule has 0 radical (unpaired) electrons. The molecule has 0 atom stereocenters. The average molecular weight is 320 g/mol. The van der Waals surface area contributed by atoms with Gasteiger partial charge in [0.25, 0.3) is 5.91 Å². The Morgan fingerprint density at radius 2 is 2.09 bits per heavy atom. The topological polar surface area (TPSA) is 85.8 Å². The van der Waals surface area contributed by atoms with Crippen LogP contribution in [0.2, 0.25) is 5.15 Å². The molecular formula is C15H18ClN5O. The van der Waals surface area contributed by atoms with E-state index in [1.54, 1.807) is 24.5 Å². The van der Waals surface area contributed by atoms with E-state index in [-0.39, 0.29) is 0 Å². The minimum Gasteiger partial charge on any atom is -0.365 e. The Morgan fingerprint density at radius 1 is 1.32 bits per heavy atom. The predicted octanol–water partition coefficient (Wildman–Crippen LogP) is 3.28. The van der Waals surface area contributed by atoms with Crippen LogP contribution >= 0.6 is 11.6 Å². The number of carbonyl (C=O) groups is 1. The molecule has 0 spiro atoms. The van der Waals surface area contributed by atoms with E-state index in [9.17, 15) is 4.79 Å². The molecule has 2 heterocycles. The number of amides is 1. The first-order valence-electron chi connectivity index (χ1n) is 7.41. The van der Waals surface area contributed by atoms with E-state index in [1.165, 1.54) is 19.3 Å². The number of nitrogens with two attached hydrogens (primary N) is 1. The van der Waals surface area contributed by atoms with Gasteiger partial charge in [-0.3, -0.25) is 9.48 Å². The van der Waals surface area contributed by atoms with Gasteiger partial charge in [0.05, 0.1) is 17.9 Å². The highest BCUT2D eigenvalue weighted by molar-refractivity contribution is 6.29. The Hall–Kier alpha value is -2.08. The lowest BCUT2D eigenvalue weighted by molar-refractivity contribution is 0.100. The lowest BCUT2D eigenvalue weighted by Crippen LogP contribution is -2.14. The first-order chi connectivity index (χ1) is 10.6. The lowest BCUT2D eigenvalue weighted by Gasteiger charge is -2.21. The summed E-state index contributed by atoms with van der Waals surface area (Å²) in [6.45, 7) is 0. The van der Waals surface area contributed by atoms with Gasteiger partial charge in [0.2, 0.25) is 0 Å². The number of rotatable bonds is 4. The average Bonchev–Trinajstić information content (AvgIpc) is 2.95. The molecule has 0 unspecified atom stereocenters. The molecule has 0 bridgehead atoms. The van der Waals surface area contributed by atoms with Gasteiger partial charge in [0.15, 0.2) is 5.82 Å². The minimum absolute atomic E-state index is 0.339. The van der Waals surface area contributed by atoms with Crippen LogP contribution < -0.4 is 11.1 Å². The number of nitrogens with one attached hydrogen (secondary N) is 1. The summed E-state index contributed by atoms with van der Waals surface area (Å²) in [6.07, 6.45) is 9.16. The minimum atomic E-state index is -0.494. The third kappa shape index (κ3) is 3.22. The van der Waals surface area contributed by atoms with Crippen molar-refractivity contribution in [2.24, 2.45) is 5.73 Å². The van der Waals surface area contributed by atoms with Crippen LogP contribution in [-0.2, 0) is 0 Å². The summed E-state index contributed by atoms with van der Waals surface area (Å²) in [7, 11) is 0. The fraction of sp³-hybridized carbons (Fsp3) is 0.400. The van der Waals surface area contributed by atoms with Crippen molar-refractivity contribution in [2.75, 3.05) is 5.32 Å². The first kappa shape index (κ1) is 14.8.